The van der Waals surface area contributed by atoms with Crippen LogP contribution < -0.4 is 20.1 Å². The lowest BCUT2D eigenvalue weighted by atomic mass is 9.83. The van der Waals surface area contributed by atoms with Crippen molar-refractivity contribution in [3.8, 4) is 11.5 Å². The third-order valence-electron chi connectivity index (χ3n) is 5.72. The molecule has 0 bridgehead atoms. The molecule has 8 nitrogen and oxygen atoms in total. The lowest BCUT2D eigenvalue weighted by Gasteiger charge is -2.27. The number of imide groups is 1. The first kappa shape index (κ1) is 22.8. The first-order chi connectivity index (χ1) is 16.5. The van der Waals surface area contributed by atoms with E-state index in [1.165, 1.54) is 14.2 Å². The molecule has 1 saturated heterocycles. The third-order valence-corrected chi connectivity index (χ3v) is 5.72. The van der Waals surface area contributed by atoms with E-state index < -0.39 is 29.9 Å². The molecule has 4 amide bonds. The molecule has 34 heavy (non-hydrogen) atoms. The van der Waals surface area contributed by atoms with E-state index in [4.69, 9.17) is 9.47 Å². The number of nitrogens with zero attached hydrogens (tertiary/aromatic N) is 1. The van der Waals surface area contributed by atoms with Gasteiger partial charge in [0.2, 0.25) is 5.91 Å². The molecule has 0 aliphatic carbocycles. The van der Waals surface area contributed by atoms with E-state index in [2.05, 4.69) is 10.6 Å². The van der Waals surface area contributed by atoms with E-state index >= 15 is 0 Å². The lowest BCUT2D eigenvalue weighted by Crippen LogP contribution is -2.46. The van der Waals surface area contributed by atoms with Crippen molar-refractivity contribution >= 4 is 23.5 Å². The van der Waals surface area contributed by atoms with Gasteiger partial charge in [0.05, 0.1) is 14.2 Å². The van der Waals surface area contributed by atoms with Crippen LogP contribution in [0.25, 0.3) is 0 Å². The number of benzene rings is 3. The van der Waals surface area contributed by atoms with Crippen molar-refractivity contribution in [1.82, 2.24) is 10.2 Å². The summed E-state index contributed by atoms with van der Waals surface area (Å²) in [5.41, 5.74) is 0.688. The Morgan fingerprint density at radius 1 is 0.912 bits per heavy atom. The summed E-state index contributed by atoms with van der Waals surface area (Å²) in [5, 5.41) is 5.56. The smallest absolute Gasteiger partial charge is 0.325 e. The largest absolute Gasteiger partial charge is 0.493 e. The predicted octanol–water partition coefficient (Wildman–Crippen LogP) is 3.33. The third kappa shape index (κ3) is 4.43. The molecule has 2 N–H and O–H groups in total. The first-order valence-corrected chi connectivity index (χ1v) is 10.7. The maximum Gasteiger partial charge on any atom is 0.325 e. The molecule has 0 spiro atoms. The van der Waals surface area contributed by atoms with Crippen molar-refractivity contribution in [2.45, 2.75) is 12.0 Å². The number of rotatable bonds is 8. The molecule has 4 rings (SSSR count). The Morgan fingerprint density at radius 3 is 2.21 bits per heavy atom. The summed E-state index contributed by atoms with van der Waals surface area (Å²) < 4.78 is 10.5. The van der Waals surface area contributed by atoms with E-state index in [-0.39, 0.29) is 6.42 Å². The number of methoxy groups -OCH3 is 2. The van der Waals surface area contributed by atoms with Crippen LogP contribution in [0, 0.1) is 0 Å². The van der Waals surface area contributed by atoms with Gasteiger partial charge in [0.1, 0.15) is 6.54 Å². The molecular formula is C26H25N3O5. The zero-order valence-electron chi connectivity index (χ0n) is 18.9. The van der Waals surface area contributed by atoms with Gasteiger partial charge in [-0.1, -0.05) is 60.7 Å². The van der Waals surface area contributed by atoms with Gasteiger partial charge in [-0.2, -0.15) is 0 Å². The zero-order valence-corrected chi connectivity index (χ0v) is 18.9. The molecule has 3 aromatic rings. The Morgan fingerprint density at radius 2 is 1.56 bits per heavy atom. The monoisotopic (exact) mass is 459 g/mol. The maximum absolute atomic E-state index is 13.6. The van der Waals surface area contributed by atoms with Gasteiger partial charge >= 0.3 is 6.03 Å². The number of amides is 4. The van der Waals surface area contributed by atoms with Gasteiger partial charge in [-0.25, -0.2) is 4.79 Å². The van der Waals surface area contributed by atoms with E-state index in [0.717, 1.165) is 10.5 Å². The van der Waals surface area contributed by atoms with Crippen LogP contribution in [0.2, 0.25) is 0 Å². The van der Waals surface area contributed by atoms with Crippen LogP contribution in [-0.4, -0.2) is 43.5 Å². The highest BCUT2D eigenvalue weighted by atomic mass is 16.5. The zero-order chi connectivity index (χ0) is 24.1. The molecule has 174 valence electrons. The Labute approximate surface area is 197 Å². The van der Waals surface area contributed by atoms with Crippen LogP contribution in [0.4, 0.5) is 10.5 Å². The summed E-state index contributed by atoms with van der Waals surface area (Å²) in [4.78, 5) is 40.3. The molecule has 1 atom stereocenters. The molecule has 0 radical (unpaired) electrons. The van der Waals surface area contributed by atoms with E-state index in [1.807, 2.05) is 48.5 Å². The summed E-state index contributed by atoms with van der Waals surface area (Å²) >= 11 is 0. The minimum atomic E-state index is -1.30. The number of carbonyl (C=O) groups is 3. The van der Waals surface area contributed by atoms with Crippen LogP contribution >= 0.6 is 0 Å². The van der Waals surface area contributed by atoms with Crippen molar-refractivity contribution in [3.63, 3.8) is 0 Å². The number of hydrogen-bond acceptors (Lipinski definition) is 5. The lowest BCUT2D eigenvalue weighted by molar-refractivity contribution is -0.134. The van der Waals surface area contributed by atoms with Crippen molar-refractivity contribution in [1.29, 1.82) is 0 Å². The van der Waals surface area contributed by atoms with Crippen molar-refractivity contribution in [2.75, 3.05) is 26.1 Å². The summed E-state index contributed by atoms with van der Waals surface area (Å²) in [5.74, 6) is -0.0290. The molecule has 0 saturated carbocycles. The first-order valence-electron chi connectivity index (χ1n) is 10.7. The highest BCUT2D eigenvalue weighted by Gasteiger charge is 2.52. The normalized spacial score (nSPS) is 17.3. The fourth-order valence-electron chi connectivity index (χ4n) is 4.07. The van der Waals surface area contributed by atoms with Gasteiger partial charge in [0.15, 0.2) is 17.0 Å². The second-order valence-electron chi connectivity index (χ2n) is 7.87. The molecule has 1 fully saturated rings. The highest BCUT2D eigenvalue weighted by Crippen LogP contribution is 2.33. The quantitative estimate of drug-likeness (QED) is 0.504. The Kier molecular flexibility index (Phi) is 6.49. The number of hydrogen-bond donors (Lipinski definition) is 2. The second-order valence-corrected chi connectivity index (χ2v) is 7.87. The number of nitrogens with one attached hydrogen (secondary N) is 2. The maximum atomic E-state index is 13.6. The van der Waals surface area contributed by atoms with Gasteiger partial charge in [-0.05, 0) is 23.3 Å². The Balaban J connectivity index is 1.57. The van der Waals surface area contributed by atoms with E-state index in [1.54, 1.807) is 30.3 Å². The van der Waals surface area contributed by atoms with E-state index in [0.29, 0.717) is 22.7 Å². The van der Waals surface area contributed by atoms with Crippen molar-refractivity contribution in [3.05, 3.63) is 90.0 Å². The fraction of sp³-hybridized carbons (Fsp3) is 0.192. The number of anilines is 1. The average molecular weight is 460 g/mol. The van der Waals surface area contributed by atoms with Gasteiger partial charge < -0.3 is 20.1 Å². The molecule has 1 aliphatic rings. The highest BCUT2D eigenvalue weighted by molar-refractivity contribution is 6.10. The van der Waals surface area contributed by atoms with Crippen LogP contribution in [0.15, 0.2) is 78.9 Å². The van der Waals surface area contributed by atoms with Crippen LogP contribution in [0.5, 0.6) is 11.5 Å². The SMILES string of the molecule is COc1ccc(NC(=O)CN2C(=O)NC(Cc3ccccc3)(c3ccccc3)C2=O)cc1OC. The number of urea groups is 1. The summed E-state index contributed by atoms with van der Waals surface area (Å²) in [6, 6.07) is 22.8. The minimum Gasteiger partial charge on any atom is -0.493 e. The Hall–Kier alpha value is -4.33. The topological polar surface area (TPSA) is 97.0 Å². The molecule has 1 heterocycles. The summed E-state index contributed by atoms with van der Waals surface area (Å²) in [6.07, 6.45) is 0.260. The fourth-order valence-corrected chi connectivity index (χ4v) is 4.07. The molecule has 8 heteroatoms. The average Bonchev–Trinajstić information content (AvgIpc) is 3.10. The Bertz CT molecular complexity index is 1200. The van der Waals surface area contributed by atoms with Crippen LogP contribution in [0.3, 0.4) is 0 Å². The molecule has 3 aromatic carbocycles. The van der Waals surface area contributed by atoms with Crippen LogP contribution in [0.1, 0.15) is 11.1 Å². The van der Waals surface area contributed by atoms with Gasteiger partial charge in [-0.3, -0.25) is 14.5 Å². The predicted molar refractivity (Wildman–Crippen MR) is 127 cm³/mol. The standard InChI is InChI=1S/C26H25N3O5/c1-33-21-14-13-20(15-22(21)34-2)27-23(30)17-29-24(31)26(28-25(29)32,19-11-7-4-8-12-19)16-18-9-5-3-6-10-18/h3-15H,16-17H2,1-2H3,(H,27,30)(H,28,32). The summed E-state index contributed by atoms with van der Waals surface area (Å²) in [6.45, 7) is -0.428. The van der Waals surface area contributed by atoms with Gasteiger partial charge in [0, 0.05) is 18.2 Å². The van der Waals surface area contributed by atoms with Crippen molar-refractivity contribution in [2.24, 2.45) is 0 Å². The second kappa shape index (κ2) is 9.66. The molecule has 1 unspecified atom stereocenters. The molecule has 1 aliphatic heterocycles. The number of carbonyl (C=O) groups excluding carboxylic acids is 3. The minimum absolute atomic E-state index is 0.260. The molecule has 0 aromatic heterocycles. The van der Waals surface area contributed by atoms with Gasteiger partial charge in [0.25, 0.3) is 5.91 Å². The van der Waals surface area contributed by atoms with Crippen molar-refractivity contribution < 1.29 is 23.9 Å². The summed E-state index contributed by atoms with van der Waals surface area (Å²) in [7, 11) is 3.01. The van der Waals surface area contributed by atoms with Crippen LogP contribution in [-0.2, 0) is 21.5 Å². The van der Waals surface area contributed by atoms with E-state index in [9.17, 15) is 14.4 Å². The number of ether oxygens (including phenoxy) is 2. The van der Waals surface area contributed by atoms with Gasteiger partial charge in [-0.15, -0.1) is 0 Å². The molecular weight excluding hydrogens is 434 g/mol.